The van der Waals surface area contributed by atoms with E-state index in [1.54, 1.807) is 22.3 Å². The minimum absolute atomic E-state index is 0. The van der Waals surface area contributed by atoms with E-state index in [0.717, 1.165) is 0 Å². The van der Waals surface area contributed by atoms with E-state index >= 15 is 0 Å². The summed E-state index contributed by atoms with van der Waals surface area (Å²) >= 11 is -3.68. The smallest absolute Gasteiger partial charge is 0.147 e. The standard InChI is InChI=1S/C21H17.C18H17.2CH3.2ClH.H2Si.Zr/c1-14-11-20-15(2)7-10-19(21(20)12-14)18-9-8-16-5-3-4-6-17(16)13-18;1-13(2)16-11-15-9-6-10-17(18(15)12-16)14-7-4-3-5-8-14;;;;;;/h3-13H,1-2H3;3-13H,1-2H3;2*1H3;2*1H;1H2;. The predicted molar refractivity (Wildman–Crippen MR) is 203 cm³/mol. The number of allylic oxidation sites excluding steroid dienone is 2. The van der Waals surface area contributed by atoms with Gasteiger partial charge >= 0.3 is 262 Å². The summed E-state index contributed by atoms with van der Waals surface area (Å²) in [5.74, 6) is 0.508. The number of fused-ring (bicyclic) bond motifs is 3. The molecule has 0 bridgehead atoms. The van der Waals surface area contributed by atoms with E-state index in [0.29, 0.717) is 13.2 Å². The molecule has 4 heteroatoms. The van der Waals surface area contributed by atoms with Gasteiger partial charge in [-0.3, -0.25) is 0 Å². The van der Waals surface area contributed by atoms with Crippen LogP contribution in [0.5, 0.6) is 0 Å². The number of aryl methyl sites for hydroxylation is 1. The number of hydrogen-bond donors (Lipinski definition) is 0. The van der Waals surface area contributed by atoms with Gasteiger partial charge in [0.25, 0.3) is 0 Å². The fraction of sp³-hybridized carbons (Fsp3) is 0.220. The molecule has 0 amide bonds. The molecule has 0 nitrogen and oxygen atoms in total. The minimum Gasteiger partial charge on any atom is -0.147 e. The maximum atomic E-state index is 2.77. The van der Waals surface area contributed by atoms with Crippen molar-refractivity contribution in [1.82, 2.24) is 0 Å². The molecule has 0 fully saturated rings. The zero-order valence-electron chi connectivity index (χ0n) is 27.2. The molecule has 45 heavy (non-hydrogen) atoms. The molecule has 0 aromatic heterocycles. The Kier molecular flexibility index (Phi) is 9.24. The van der Waals surface area contributed by atoms with Gasteiger partial charge in [0.2, 0.25) is 0 Å². The molecule has 0 radical (unpaired) electrons. The summed E-state index contributed by atoms with van der Waals surface area (Å²) in [5.41, 5.74) is 16.1. The molecule has 0 saturated heterocycles. The maximum absolute atomic E-state index is 3.68. The van der Waals surface area contributed by atoms with Crippen molar-refractivity contribution in [1.29, 1.82) is 0 Å². The van der Waals surface area contributed by atoms with Crippen LogP contribution in [0.25, 0.3) is 45.2 Å². The largest absolute Gasteiger partial charge is 0.147 e. The summed E-state index contributed by atoms with van der Waals surface area (Å²) in [7, 11) is 0. The zero-order valence-corrected chi connectivity index (χ0v) is 32.7. The van der Waals surface area contributed by atoms with Crippen molar-refractivity contribution in [2.24, 2.45) is 5.92 Å². The fourth-order valence-corrected chi connectivity index (χ4v) is 29.3. The van der Waals surface area contributed by atoms with Gasteiger partial charge in [-0.25, -0.2) is 0 Å². The Labute approximate surface area is 284 Å². The van der Waals surface area contributed by atoms with Gasteiger partial charge in [-0.05, 0) is 0 Å². The molecular formula is C41H44Cl2SiZr. The summed E-state index contributed by atoms with van der Waals surface area (Å²) in [4.78, 5) is 0. The molecule has 5 aromatic rings. The molecule has 0 spiro atoms. The molecule has 0 heterocycles. The monoisotopic (exact) mass is 724 g/mol. The number of benzene rings is 5. The van der Waals surface area contributed by atoms with E-state index in [1.165, 1.54) is 49.7 Å². The van der Waals surface area contributed by atoms with Gasteiger partial charge < -0.3 is 0 Å². The van der Waals surface area contributed by atoms with Crippen LogP contribution in [0.2, 0.25) is 9.26 Å². The van der Waals surface area contributed by atoms with E-state index in [-0.39, 0.29) is 24.8 Å². The summed E-state index contributed by atoms with van der Waals surface area (Å²) in [6.07, 6.45) is 5.15. The molecule has 2 unspecified atom stereocenters. The molecular weight excluding hydrogens is 683 g/mol. The summed E-state index contributed by atoms with van der Waals surface area (Å²) < 4.78 is 6.56. The summed E-state index contributed by atoms with van der Waals surface area (Å²) in [6, 6.07) is 38.5. The van der Waals surface area contributed by atoms with Crippen molar-refractivity contribution in [3.63, 3.8) is 0 Å². The van der Waals surface area contributed by atoms with Crippen LogP contribution in [0.3, 0.4) is 0 Å². The first-order valence-corrected chi connectivity index (χ1v) is 29.5. The van der Waals surface area contributed by atoms with Crippen LogP contribution in [-0.2, 0) is 17.4 Å². The second-order valence-corrected chi connectivity index (χ2v) is 45.0. The molecule has 230 valence electrons. The summed E-state index contributed by atoms with van der Waals surface area (Å²) in [5, 5.41) is 2.61. The normalized spacial score (nSPS) is 17.2. The SMILES string of the molecule is CC1=Cc2c(-c3ccc4ccccc4c3)ccc(C)c2[CH]1[Zr]([CH3])([CH3])(=[SiH2])[CH]1C(C(C)C)=Cc2c(-c3ccccc3)cccc21.Cl.Cl. The van der Waals surface area contributed by atoms with E-state index in [2.05, 4.69) is 159 Å². The van der Waals surface area contributed by atoms with Gasteiger partial charge in [0.15, 0.2) is 0 Å². The van der Waals surface area contributed by atoms with Gasteiger partial charge in [-0.15, -0.1) is 24.8 Å². The van der Waals surface area contributed by atoms with Crippen LogP contribution in [-0.4, -0.2) is 6.88 Å². The molecule has 0 aliphatic heterocycles. The van der Waals surface area contributed by atoms with E-state index in [1.807, 2.05) is 0 Å². The Morgan fingerprint density at radius 1 is 0.622 bits per heavy atom. The predicted octanol–water partition coefficient (Wildman–Crippen LogP) is 11.9. The Morgan fingerprint density at radius 3 is 2.00 bits per heavy atom. The first-order valence-electron chi connectivity index (χ1n) is 15.8. The molecule has 5 aromatic carbocycles. The second kappa shape index (κ2) is 12.3. The Morgan fingerprint density at radius 2 is 1.29 bits per heavy atom. The van der Waals surface area contributed by atoms with E-state index < -0.39 is 17.4 Å². The van der Waals surface area contributed by atoms with Crippen LogP contribution in [0.4, 0.5) is 0 Å². The fourth-order valence-electron chi connectivity index (χ4n) is 8.67. The van der Waals surface area contributed by atoms with Gasteiger partial charge in [-0.1, -0.05) is 0 Å². The molecule has 0 N–H and O–H groups in total. The molecule has 2 atom stereocenters. The Bertz CT molecular complexity index is 2060. The Hall–Kier alpha value is -2.48. The van der Waals surface area contributed by atoms with Gasteiger partial charge in [0.05, 0.1) is 0 Å². The Balaban J connectivity index is 0.00000200. The number of rotatable bonds is 5. The van der Waals surface area contributed by atoms with Crippen molar-refractivity contribution < 1.29 is 17.4 Å². The van der Waals surface area contributed by atoms with Crippen molar-refractivity contribution in [2.45, 2.75) is 44.2 Å². The van der Waals surface area contributed by atoms with Crippen LogP contribution in [0.1, 0.15) is 55.8 Å². The van der Waals surface area contributed by atoms with Crippen LogP contribution >= 0.6 is 24.8 Å². The quantitative estimate of drug-likeness (QED) is 0.158. The van der Waals surface area contributed by atoms with Gasteiger partial charge in [0.1, 0.15) is 0 Å². The van der Waals surface area contributed by atoms with E-state index in [9.17, 15) is 0 Å². The van der Waals surface area contributed by atoms with Crippen LogP contribution < -0.4 is 0 Å². The molecule has 7 rings (SSSR count). The number of hydrogen-bond acceptors (Lipinski definition) is 0. The first kappa shape index (κ1) is 33.9. The van der Waals surface area contributed by atoms with Crippen molar-refractivity contribution in [2.75, 3.05) is 0 Å². The van der Waals surface area contributed by atoms with Crippen molar-refractivity contribution in [3.8, 4) is 22.3 Å². The van der Waals surface area contributed by atoms with Gasteiger partial charge in [-0.2, -0.15) is 0 Å². The first-order chi connectivity index (χ1) is 20.5. The molecule has 0 saturated carbocycles. The third-order valence-electron chi connectivity index (χ3n) is 10.4. The number of halogens is 2. The maximum Gasteiger partial charge on any atom is -0.147 e. The zero-order chi connectivity index (χ0) is 30.1. The molecule has 2 aliphatic carbocycles. The van der Waals surface area contributed by atoms with Crippen LogP contribution in [0.15, 0.2) is 114 Å². The average Bonchev–Trinajstić information content (AvgIpc) is 3.58. The van der Waals surface area contributed by atoms with E-state index in [4.69, 9.17) is 0 Å². The summed E-state index contributed by atoms with van der Waals surface area (Å²) in [6.45, 7) is 12.1. The van der Waals surface area contributed by atoms with Crippen LogP contribution in [0, 0.1) is 12.8 Å². The van der Waals surface area contributed by atoms with Crippen molar-refractivity contribution in [3.05, 3.63) is 142 Å². The molecule has 2 aliphatic rings. The van der Waals surface area contributed by atoms with Gasteiger partial charge in [0, 0.05) is 0 Å². The average molecular weight is 727 g/mol. The second-order valence-electron chi connectivity index (χ2n) is 14.5. The topological polar surface area (TPSA) is 0 Å². The van der Waals surface area contributed by atoms with Crippen molar-refractivity contribution >= 4 is 54.6 Å². The third kappa shape index (κ3) is 5.51. The third-order valence-corrected chi connectivity index (χ3v) is 28.0. The minimum atomic E-state index is -3.68.